The second-order valence-electron chi connectivity index (χ2n) is 10.2. The molecule has 2 N–H and O–H groups in total. The Morgan fingerprint density at radius 3 is 2.17 bits per heavy atom. The maximum Gasteiger partial charge on any atom is 0.287 e. The lowest BCUT2D eigenvalue weighted by atomic mass is 9.96. The van der Waals surface area contributed by atoms with Crippen molar-refractivity contribution in [2.45, 2.75) is 59.0 Å². The van der Waals surface area contributed by atoms with Gasteiger partial charge in [0.2, 0.25) is 11.8 Å². The van der Waals surface area contributed by atoms with Gasteiger partial charge in [-0.25, -0.2) is 0 Å². The van der Waals surface area contributed by atoms with Gasteiger partial charge in [0.05, 0.1) is 12.8 Å². The molecule has 0 aliphatic carbocycles. The van der Waals surface area contributed by atoms with Crippen LogP contribution in [0.15, 0.2) is 71.3 Å². The SMILES string of the molecule is Cc1cccc(N(C(=O)CNC(=O)c2ccco2)[C@@H](C(=O)NC(C)(C)C)c2ccc(C(C)C)cc2)c1. The number of hydrogen-bond donors (Lipinski definition) is 2. The number of rotatable bonds is 8. The van der Waals surface area contributed by atoms with E-state index in [0.29, 0.717) is 17.2 Å². The van der Waals surface area contributed by atoms with E-state index in [4.69, 9.17) is 4.42 Å². The summed E-state index contributed by atoms with van der Waals surface area (Å²) >= 11 is 0. The van der Waals surface area contributed by atoms with E-state index in [1.165, 1.54) is 17.2 Å². The minimum atomic E-state index is -0.944. The fourth-order valence-electron chi connectivity index (χ4n) is 3.87. The van der Waals surface area contributed by atoms with Gasteiger partial charge in [-0.1, -0.05) is 50.2 Å². The Balaban J connectivity index is 2.04. The van der Waals surface area contributed by atoms with E-state index in [0.717, 1.165) is 11.1 Å². The van der Waals surface area contributed by atoms with Crippen molar-refractivity contribution in [1.82, 2.24) is 10.6 Å². The number of carbonyl (C=O) groups excluding carboxylic acids is 3. The number of amides is 3. The summed E-state index contributed by atoms with van der Waals surface area (Å²) in [5.41, 5.74) is 2.80. The summed E-state index contributed by atoms with van der Waals surface area (Å²) in [6, 6.07) is 17.3. The third-order valence-corrected chi connectivity index (χ3v) is 5.62. The first-order chi connectivity index (χ1) is 17.0. The van der Waals surface area contributed by atoms with Crippen molar-refractivity contribution >= 4 is 23.4 Å². The number of nitrogens with zero attached hydrogens (tertiary/aromatic N) is 1. The van der Waals surface area contributed by atoms with E-state index in [1.54, 1.807) is 12.1 Å². The number of carbonyl (C=O) groups is 3. The summed E-state index contributed by atoms with van der Waals surface area (Å²) < 4.78 is 5.13. The molecule has 3 amide bonds. The number of nitrogens with one attached hydrogen (secondary N) is 2. The van der Waals surface area contributed by atoms with Crippen LogP contribution < -0.4 is 15.5 Å². The van der Waals surface area contributed by atoms with E-state index in [2.05, 4.69) is 24.5 Å². The van der Waals surface area contributed by atoms with Crippen molar-refractivity contribution in [3.63, 3.8) is 0 Å². The van der Waals surface area contributed by atoms with Gasteiger partial charge in [-0.2, -0.15) is 0 Å². The monoisotopic (exact) mass is 489 g/mol. The molecule has 3 aromatic rings. The molecule has 0 spiro atoms. The number of hydrogen-bond acceptors (Lipinski definition) is 4. The van der Waals surface area contributed by atoms with Gasteiger partial charge < -0.3 is 15.1 Å². The minimum absolute atomic E-state index is 0.108. The van der Waals surface area contributed by atoms with Gasteiger partial charge in [0.1, 0.15) is 6.04 Å². The molecule has 1 atom stereocenters. The van der Waals surface area contributed by atoms with Crippen molar-refractivity contribution in [1.29, 1.82) is 0 Å². The van der Waals surface area contributed by atoms with Crippen LogP contribution in [-0.4, -0.2) is 29.8 Å². The fraction of sp³-hybridized carbons (Fsp3) is 0.345. The minimum Gasteiger partial charge on any atom is -0.459 e. The molecular formula is C29H35N3O4. The number of anilines is 1. The van der Waals surface area contributed by atoms with Gasteiger partial charge in [-0.15, -0.1) is 0 Å². The van der Waals surface area contributed by atoms with Crippen molar-refractivity contribution in [3.8, 4) is 0 Å². The Labute approximate surface area is 212 Å². The normalized spacial score (nSPS) is 12.2. The van der Waals surface area contributed by atoms with E-state index in [-0.39, 0.29) is 18.2 Å². The molecule has 2 aromatic carbocycles. The van der Waals surface area contributed by atoms with Crippen LogP contribution in [0.4, 0.5) is 5.69 Å². The highest BCUT2D eigenvalue weighted by Crippen LogP contribution is 2.30. The standard InChI is InChI=1S/C29H35N3O4/c1-19(2)21-12-14-22(15-13-21)26(28(35)31-29(4,5)6)32(23-10-7-9-20(3)17-23)25(33)18-30-27(34)24-11-8-16-36-24/h7-17,19,26H,18H2,1-6H3,(H,30,34)(H,31,35)/t26-/m1/s1. The molecule has 190 valence electrons. The topological polar surface area (TPSA) is 91.7 Å². The Hall–Kier alpha value is -3.87. The highest BCUT2D eigenvalue weighted by Gasteiger charge is 2.34. The lowest BCUT2D eigenvalue weighted by Gasteiger charge is -2.34. The van der Waals surface area contributed by atoms with Gasteiger partial charge in [0.15, 0.2) is 5.76 Å². The number of aryl methyl sites for hydroxylation is 1. The largest absolute Gasteiger partial charge is 0.459 e. The summed E-state index contributed by atoms with van der Waals surface area (Å²) in [6.07, 6.45) is 1.39. The molecule has 0 aliphatic heterocycles. The zero-order valence-corrected chi connectivity index (χ0v) is 21.8. The lowest BCUT2D eigenvalue weighted by Crippen LogP contribution is -2.51. The summed E-state index contributed by atoms with van der Waals surface area (Å²) in [5, 5.41) is 5.64. The van der Waals surface area contributed by atoms with Gasteiger partial charge in [-0.05, 0) is 74.6 Å². The zero-order chi connectivity index (χ0) is 26.5. The summed E-state index contributed by atoms with van der Waals surface area (Å²) in [7, 11) is 0. The maximum atomic E-state index is 13.7. The highest BCUT2D eigenvalue weighted by atomic mass is 16.3. The van der Waals surface area contributed by atoms with Crippen LogP contribution in [0, 0.1) is 6.92 Å². The van der Waals surface area contributed by atoms with E-state index < -0.39 is 23.4 Å². The lowest BCUT2D eigenvalue weighted by molar-refractivity contribution is -0.127. The van der Waals surface area contributed by atoms with Gasteiger partial charge in [-0.3, -0.25) is 19.3 Å². The zero-order valence-electron chi connectivity index (χ0n) is 21.8. The molecule has 0 saturated carbocycles. The predicted molar refractivity (Wildman–Crippen MR) is 141 cm³/mol. The molecule has 0 aliphatic rings. The van der Waals surface area contributed by atoms with Crippen LogP contribution >= 0.6 is 0 Å². The first kappa shape index (κ1) is 26.7. The molecule has 1 heterocycles. The smallest absolute Gasteiger partial charge is 0.287 e. The highest BCUT2D eigenvalue weighted by molar-refractivity contribution is 6.04. The quantitative estimate of drug-likeness (QED) is 0.459. The number of furan rings is 1. The molecule has 7 nitrogen and oxygen atoms in total. The van der Waals surface area contributed by atoms with Crippen LogP contribution in [0.1, 0.15) is 73.8 Å². The third-order valence-electron chi connectivity index (χ3n) is 5.62. The second-order valence-corrected chi connectivity index (χ2v) is 10.2. The Bertz CT molecular complexity index is 1190. The molecule has 3 rings (SSSR count). The molecule has 7 heteroatoms. The van der Waals surface area contributed by atoms with E-state index >= 15 is 0 Å². The fourth-order valence-corrected chi connectivity index (χ4v) is 3.87. The Morgan fingerprint density at radius 2 is 1.61 bits per heavy atom. The maximum absolute atomic E-state index is 13.7. The average molecular weight is 490 g/mol. The second kappa shape index (κ2) is 11.2. The van der Waals surface area contributed by atoms with Crippen molar-refractivity contribution in [3.05, 3.63) is 89.4 Å². The van der Waals surface area contributed by atoms with Crippen LogP contribution in [0.25, 0.3) is 0 Å². The third kappa shape index (κ3) is 6.84. The van der Waals surface area contributed by atoms with Crippen molar-refractivity contribution in [2.75, 3.05) is 11.4 Å². The van der Waals surface area contributed by atoms with Crippen molar-refractivity contribution < 1.29 is 18.8 Å². The predicted octanol–water partition coefficient (Wildman–Crippen LogP) is 5.13. The first-order valence-corrected chi connectivity index (χ1v) is 12.1. The van der Waals surface area contributed by atoms with Crippen LogP contribution in [0.3, 0.4) is 0 Å². The van der Waals surface area contributed by atoms with Gasteiger partial charge in [0, 0.05) is 11.2 Å². The summed E-state index contributed by atoms with van der Waals surface area (Å²) in [6.45, 7) is 11.5. The van der Waals surface area contributed by atoms with E-state index in [9.17, 15) is 14.4 Å². The van der Waals surface area contributed by atoms with E-state index in [1.807, 2.05) is 70.2 Å². The first-order valence-electron chi connectivity index (χ1n) is 12.1. The molecule has 36 heavy (non-hydrogen) atoms. The number of benzene rings is 2. The Morgan fingerprint density at radius 1 is 0.944 bits per heavy atom. The summed E-state index contributed by atoms with van der Waals surface area (Å²) in [4.78, 5) is 41.3. The van der Waals surface area contributed by atoms with Crippen LogP contribution in [0.2, 0.25) is 0 Å². The molecular weight excluding hydrogens is 454 g/mol. The van der Waals surface area contributed by atoms with Crippen LogP contribution in [-0.2, 0) is 9.59 Å². The average Bonchev–Trinajstić information content (AvgIpc) is 3.34. The van der Waals surface area contributed by atoms with Gasteiger partial charge >= 0.3 is 0 Å². The molecule has 0 unspecified atom stereocenters. The van der Waals surface area contributed by atoms with Crippen LogP contribution in [0.5, 0.6) is 0 Å². The molecule has 0 bridgehead atoms. The van der Waals surface area contributed by atoms with Gasteiger partial charge in [0.25, 0.3) is 5.91 Å². The molecule has 0 saturated heterocycles. The Kier molecular flexibility index (Phi) is 8.35. The van der Waals surface area contributed by atoms with Crippen molar-refractivity contribution in [2.24, 2.45) is 0 Å². The molecule has 1 aromatic heterocycles. The molecule has 0 radical (unpaired) electrons. The molecule has 0 fully saturated rings. The summed E-state index contributed by atoms with van der Waals surface area (Å²) in [5.74, 6) is -0.813.